The number of hydrogen-bond acceptors (Lipinski definition) is 2. The van der Waals surface area contributed by atoms with Crippen molar-refractivity contribution in [3.8, 4) is 0 Å². The Balaban J connectivity index is 0.000000160. The van der Waals surface area contributed by atoms with Crippen LogP contribution < -0.4 is 0 Å². The van der Waals surface area contributed by atoms with Gasteiger partial charge in [-0.3, -0.25) is 0 Å². The maximum absolute atomic E-state index is 12.2. The van der Waals surface area contributed by atoms with Gasteiger partial charge in [0.05, 0.1) is 0 Å². The van der Waals surface area contributed by atoms with Gasteiger partial charge in [-0.15, -0.1) is 0 Å². The van der Waals surface area contributed by atoms with Gasteiger partial charge in [-0.1, -0.05) is 0 Å². The summed E-state index contributed by atoms with van der Waals surface area (Å²) >= 11 is 0. The summed E-state index contributed by atoms with van der Waals surface area (Å²) in [6.45, 7) is 0.334. The number of aliphatic hydroxyl groups excluding tert-OH is 2. The second kappa shape index (κ2) is 7.17. The van der Waals surface area contributed by atoms with E-state index < -0.39 is 12.3 Å². The quantitative estimate of drug-likeness (QED) is 0.772. The van der Waals surface area contributed by atoms with Crippen molar-refractivity contribution in [1.29, 1.82) is 0 Å². The average molecular weight is 236 g/mol. The summed E-state index contributed by atoms with van der Waals surface area (Å²) in [5.41, 5.74) is 0. The maximum Gasteiger partial charge on any atom is 0.100 e. The molecular formula is C12H22F2O2. The van der Waals surface area contributed by atoms with Crippen LogP contribution in [0.3, 0.4) is 0 Å². The molecule has 96 valence electrons. The summed E-state index contributed by atoms with van der Waals surface area (Å²) in [4.78, 5) is 0. The molecule has 2 nitrogen and oxygen atoms in total. The third-order valence-electron chi connectivity index (χ3n) is 3.47. The summed E-state index contributed by atoms with van der Waals surface area (Å²) in [6.07, 6.45) is 2.96. The molecule has 4 heteroatoms. The SMILES string of the molecule is OC[C@@H]1CC[C@@H](F)C1.OC[C@H]1CC[C@H](F)C1. The molecule has 0 aliphatic heterocycles. The standard InChI is InChI=1S/2C6H11FO/c2*7-6-2-1-5(3-6)4-8/h2*5-6,8H,1-4H2/t2*5-,6-/m10/s1. The summed E-state index contributed by atoms with van der Waals surface area (Å²) < 4.78 is 24.5. The van der Waals surface area contributed by atoms with E-state index in [1.807, 2.05) is 0 Å². The molecule has 2 aliphatic carbocycles. The first kappa shape index (κ1) is 13.8. The molecule has 2 N–H and O–H groups in total. The van der Waals surface area contributed by atoms with Gasteiger partial charge in [-0.25, -0.2) is 8.78 Å². The molecule has 0 bridgehead atoms. The lowest BCUT2D eigenvalue weighted by Crippen LogP contribution is -2.00. The van der Waals surface area contributed by atoms with Crippen molar-refractivity contribution in [2.24, 2.45) is 11.8 Å². The first-order valence-electron chi connectivity index (χ1n) is 6.15. The third kappa shape index (κ3) is 4.74. The van der Waals surface area contributed by atoms with Crippen LogP contribution in [0, 0.1) is 11.8 Å². The van der Waals surface area contributed by atoms with Crippen LogP contribution in [0.4, 0.5) is 8.78 Å². The van der Waals surface area contributed by atoms with Crippen molar-refractivity contribution in [1.82, 2.24) is 0 Å². The minimum absolute atomic E-state index is 0.167. The van der Waals surface area contributed by atoms with Gasteiger partial charge in [0.25, 0.3) is 0 Å². The van der Waals surface area contributed by atoms with E-state index in [9.17, 15) is 8.78 Å². The second-order valence-electron chi connectivity index (χ2n) is 4.92. The summed E-state index contributed by atoms with van der Waals surface area (Å²) in [5.74, 6) is 0.509. The molecule has 0 aromatic heterocycles. The van der Waals surface area contributed by atoms with Crippen LogP contribution in [0.5, 0.6) is 0 Å². The van der Waals surface area contributed by atoms with Gasteiger partial charge in [0.2, 0.25) is 0 Å². The maximum atomic E-state index is 12.2. The smallest absolute Gasteiger partial charge is 0.100 e. The van der Waals surface area contributed by atoms with E-state index in [0.717, 1.165) is 12.8 Å². The highest BCUT2D eigenvalue weighted by atomic mass is 19.1. The lowest BCUT2D eigenvalue weighted by atomic mass is 10.1. The predicted molar refractivity (Wildman–Crippen MR) is 58.6 cm³/mol. The Labute approximate surface area is 95.7 Å². The molecule has 0 amide bonds. The normalized spacial score (nSPS) is 38.2. The highest BCUT2D eigenvalue weighted by Crippen LogP contribution is 2.27. The van der Waals surface area contributed by atoms with E-state index in [4.69, 9.17) is 10.2 Å². The molecule has 2 aliphatic rings. The van der Waals surface area contributed by atoms with Crippen LogP contribution in [-0.4, -0.2) is 35.8 Å². The highest BCUT2D eigenvalue weighted by Gasteiger charge is 2.23. The van der Waals surface area contributed by atoms with Crippen LogP contribution in [0.15, 0.2) is 0 Å². The molecule has 2 rings (SSSR count). The third-order valence-corrected chi connectivity index (χ3v) is 3.47. The molecule has 2 fully saturated rings. The molecule has 0 aromatic carbocycles. The lowest BCUT2D eigenvalue weighted by molar-refractivity contribution is 0.219. The van der Waals surface area contributed by atoms with Crippen LogP contribution in [0.2, 0.25) is 0 Å². The molecule has 0 radical (unpaired) electrons. The zero-order chi connectivity index (χ0) is 12.0. The van der Waals surface area contributed by atoms with E-state index in [1.54, 1.807) is 0 Å². The van der Waals surface area contributed by atoms with Crippen molar-refractivity contribution in [2.75, 3.05) is 13.2 Å². The van der Waals surface area contributed by atoms with Crippen LogP contribution in [0.1, 0.15) is 38.5 Å². The Morgan fingerprint density at radius 2 is 1.12 bits per heavy atom. The number of alkyl halides is 2. The topological polar surface area (TPSA) is 40.5 Å². The number of rotatable bonds is 2. The zero-order valence-corrected chi connectivity index (χ0v) is 9.62. The highest BCUT2D eigenvalue weighted by molar-refractivity contribution is 4.74. The molecule has 4 atom stereocenters. The van der Waals surface area contributed by atoms with Crippen LogP contribution in [-0.2, 0) is 0 Å². The number of hydrogen-bond donors (Lipinski definition) is 2. The molecule has 0 saturated heterocycles. The monoisotopic (exact) mass is 236 g/mol. The average Bonchev–Trinajstić information content (AvgIpc) is 2.88. The van der Waals surface area contributed by atoms with Gasteiger partial charge in [0, 0.05) is 13.2 Å². The Bertz CT molecular complexity index is 170. The van der Waals surface area contributed by atoms with E-state index in [-0.39, 0.29) is 25.0 Å². The molecule has 2 saturated carbocycles. The zero-order valence-electron chi connectivity index (χ0n) is 9.62. The van der Waals surface area contributed by atoms with E-state index >= 15 is 0 Å². The minimum atomic E-state index is -0.632. The van der Waals surface area contributed by atoms with Crippen molar-refractivity contribution >= 4 is 0 Å². The van der Waals surface area contributed by atoms with Crippen molar-refractivity contribution in [2.45, 2.75) is 50.9 Å². The summed E-state index contributed by atoms with van der Waals surface area (Å²) in [7, 11) is 0. The summed E-state index contributed by atoms with van der Waals surface area (Å²) in [5, 5.41) is 17.0. The fourth-order valence-corrected chi connectivity index (χ4v) is 2.36. The largest absolute Gasteiger partial charge is 0.396 e. The molecule has 16 heavy (non-hydrogen) atoms. The number of aliphatic hydroxyl groups is 2. The summed E-state index contributed by atoms with van der Waals surface area (Å²) in [6, 6.07) is 0. The Morgan fingerprint density at radius 1 is 0.750 bits per heavy atom. The van der Waals surface area contributed by atoms with Gasteiger partial charge in [-0.2, -0.15) is 0 Å². The first-order chi connectivity index (χ1) is 7.65. The fourth-order valence-electron chi connectivity index (χ4n) is 2.36. The molecule has 0 unspecified atom stereocenters. The molecule has 0 aromatic rings. The predicted octanol–water partition coefficient (Wildman–Crippen LogP) is 2.23. The van der Waals surface area contributed by atoms with Crippen molar-refractivity contribution in [3.05, 3.63) is 0 Å². The second-order valence-corrected chi connectivity index (χ2v) is 4.92. The fraction of sp³-hybridized carbons (Fsp3) is 1.00. The van der Waals surface area contributed by atoms with Crippen molar-refractivity contribution in [3.63, 3.8) is 0 Å². The van der Waals surface area contributed by atoms with Gasteiger partial charge in [0.1, 0.15) is 12.3 Å². The Morgan fingerprint density at radius 3 is 1.25 bits per heavy atom. The van der Waals surface area contributed by atoms with Gasteiger partial charge in [0.15, 0.2) is 0 Å². The van der Waals surface area contributed by atoms with Crippen molar-refractivity contribution < 1.29 is 19.0 Å². The first-order valence-corrected chi connectivity index (χ1v) is 6.15. The molecule has 0 spiro atoms. The van der Waals surface area contributed by atoms with E-state index in [1.165, 1.54) is 0 Å². The van der Waals surface area contributed by atoms with E-state index in [2.05, 4.69) is 0 Å². The molecular weight excluding hydrogens is 214 g/mol. The van der Waals surface area contributed by atoms with Gasteiger partial charge >= 0.3 is 0 Å². The van der Waals surface area contributed by atoms with Gasteiger partial charge in [-0.05, 0) is 50.4 Å². The number of halogens is 2. The molecule has 0 heterocycles. The Hall–Kier alpha value is -0.220. The van der Waals surface area contributed by atoms with Crippen LogP contribution >= 0.6 is 0 Å². The lowest BCUT2D eigenvalue weighted by Gasteiger charge is -1.99. The van der Waals surface area contributed by atoms with Crippen LogP contribution in [0.25, 0.3) is 0 Å². The van der Waals surface area contributed by atoms with E-state index in [0.29, 0.717) is 25.7 Å². The van der Waals surface area contributed by atoms with Gasteiger partial charge < -0.3 is 10.2 Å². The Kier molecular flexibility index (Phi) is 6.21. The minimum Gasteiger partial charge on any atom is -0.396 e.